The molecule has 0 unspecified atom stereocenters. The molecule has 0 N–H and O–H groups in total. The molecule has 0 bridgehead atoms. The molecule has 5 rings (SSSR count). The van der Waals surface area contributed by atoms with Crippen LogP contribution < -0.4 is 0 Å². The molecule has 0 nitrogen and oxygen atoms in total. The summed E-state index contributed by atoms with van der Waals surface area (Å²) in [5, 5.41) is 0. The van der Waals surface area contributed by atoms with Crippen molar-refractivity contribution in [2.24, 2.45) is 17.8 Å². The van der Waals surface area contributed by atoms with Crippen LogP contribution in [0.1, 0.15) is 94.2 Å². The second-order valence-electron chi connectivity index (χ2n) is 11.4. The Morgan fingerprint density at radius 1 is 0.909 bits per heavy atom. The molecule has 33 heavy (non-hydrogen) atoms. The third kappa shape index (κ3) is 5.21. The van der Waals surface area contributed by atoms with Gasteiger partial charge in [-0.15, -0.1) is 0 Å². The number of benzene rings is 1. The van der Waals surface area contributed by atoms with Gasteiger partial charge in [-0.1, -0.05) is 92.8 Å². The van der Waals surface area contributed by atoms with E-state index in [-0.39, 0.29) is 0 Å². The van der Waals surface area contributed by atoms with Crippen LogP contribution in [0.15, 0.2) is 71.4 Å². The van der Waals surface area contributed by atoms with E-state index in [4.69, 9.17) is 0 Å². The fourth-order valence-electron chi connectivity index (χ4n) is 6.86. The van der Waals surface area contributed by atoms with Crippen LogP contribution in [0.3, 0.4) is 0 Å². The lowest BCUT2D eigenvalue weighted by atomic mass is 9.75. The van der Waals surface area contributed by atoms with E-state index in [0.29, 0.717) is 5.92 Å². The highest BCUT2D eigenvalue weighted by molar-refractivity contribution is 5.72. The van der Waals surface area contributed by atoms with Crippen molar-refractivity contribution in [2.45, 2.75) is 90.4 Å². The Morgan fingerprint density at radius 2 is 1.67 bits per heavy atom. The summed E-state index contributed by atoms with van der Waals surface area (Å²) in [5.41, 5.74) is 11.9. The molecule has 0 spiro atoms. The zero-order chi connectivity index (χ0) is 22.8. The number of rotatable bonds is 7. The molecule has 174 valence electrons. The number of hydrogen-bond donors (Lipinski definition) is 0. The van der Waals surface area contributed by atoms with E-state index >= 15 is 0 Å². The molecule has 0 atom stereocenters. The third-order valence-corrected chi connectivity index (χ3v) is 8.97. The van der Waals surface area contributed by atoms with Gasteiger partial charge in [-0.2, -0.15) is 0 Å². The first-order valence-corrected chi connectivity index (χ1v) is 13.6. The summed E-state index contributed by atoms with van der Waals surface area (Å²) in [6, 6.07) is 7.32. The van der Waals surface area contributed by atoms with Crippen molar-refractivity contribution in [1.82, 2.24) is 0 Å². The van der Waals surface area contributed by atoms with Crippen LogP contribution in [-0.2, 0) is 12.8 Å². The van der Waals surface area contributed by atoms with Crippen LogP contribution in [0.4, 0.5) is 0 Å². The lowest BCUT2D eigenvalue weighted by Crippen LogP contribution is -2.16. The maximum Gasteiger partial charge on any atom is -0.00137 e. The molecule has 0 aliphatic heterocycles. The SMILES string of the molecule is C=C(C)C1CCC(C(=C)CC2=CCC=C2C2=Cc3cc(CC4CCCCC4)ccc3C2)CC1. The molecule has 1 aromatic carbocycles. The predicted molar refractivity (Wildman–Crippen MR) is 143 cm³/mol. The van der Waals surface area contributed by atoms with Gasteiger partial charge in [0.1, 0.15) is 0 Å². The molecule has 0 heterocycles. The van der Waals surface area contributed by atoms with Gasteiger partial charge in [0.05, 0.1) is 0 Å². The summed E-state index contributed by atoms with van der Waals surface area (Å²) in [6.07, 6.45) is 24.3. The summed E-state index contributed by atoms with van der Waals surface area (Å²) in [5.74, 6) is 2.34. The minimum Gasteiger partial charge on any atom is -0.0999 e. The zero-order valence-electron chi connectivity index (χ0n) is 20.8. The zero-order valence-corrected chi connectivity index (χ0v) is 20.8. The van der Waals surface area contributed by atoms with Gasteiger partial charge in [0.2, 0.25) is 0 Å². The maximum atomic E-state index is 4.57. The van der Waals surface area contributed by atoms with E-state index in [0.717, 1.165) is 31.1 Å². The summed E-state index contributed by atoms with van der Waals surface area (Å²) in [7, 11) is 0. The average Bonchev–Trinajstić information content (AvgIpc) is 3.46. The van der Waals surface area contributed by atoms with Crippen LogP contribution in [0.5, 0.6) is 0 Å². The standard InChI is InChI=1S/C33H42/c1-23(2)27-14-16-28(17-15-27)24(3)18-30-10-7-11-33(30)32-21-29-13-12-26(20-31(29)22-32)19-25-8-5-4-6-9-25/h10-13,20,22,25,27-28H,1,3-9,14-19,21H2,2H3. The highest BCUT2D eigenvalue weighted by atomic mass is 14.3. The second-order valence-corrected chi connectivity index (χ2v) is 11.4. The van der Waals surface area contributed by atoms with Gasteiger partial charge in [0, 0.05) is 0 Å². The first kappa shape index (κ1) is 22.7. The average molecular weight is 439 g/mol. The maximum absolute atomic E-state index is 4.57. The first-order valence-electron chi connectivity index (χ1n) is 13.6. The Balaban J connectivity index is 1.21. The summed E-state index contributed by atoms with van der Waals surface area (Å²) < 4.78 is 0. The molecule has 4 aliphatic rings. The highest BCUT2D eigenvalue weighted by Crippen LogP contribution is 2.42. The summed E-state index contributed by atoms with van der Waals surface area (Å²) in [4.78, 5) is 0. The van der Waals surface area contributed by atoms with E-state index in [1.807, 2.05) is 0 Å². The van der Waals surface area contributed by atoms with Gasteiger partial charge in [-0.25, -0.2) is 0 Å². The molecule has 0 radical (unpaired) electrons. The van der Waals surface area contributed by atoms with E-state index in [2.05, 4.69) is 56.5 Å². The molecule has 1 aromatic rings. The van der Waals surface area contributed by atoms with E-state index in [1.165, 1.54) is 103 Å². The second kappa shape index (κ2) is 10.0. The smallest absolute Gasteiger partial charge is 0.00137 e. The Morgan fingerprint density at radius 3 is 2.42 bits per heavy atom. The van der Waals surface area contributed by atoms with Gasteiger partial charge in [-0.3, -0.25) is 0 Å². The Kier molecular flexibility index (Phi) is 6.91. The van der Waals surface area contributed by atoms with Crippen LogP contribution in [0.2, 0.25) is 0 Å². The Labute approximate surface area is 202 Å². The first-order chi connectivity index (χ1) is 16.1. The number of fused-ring (bicyclic) bond motifs is 1. The quantitative estimate of drug-likeness (QED) is 0.372. The van der Waals surface area contributed by atoms with E-state index in [9.17, 15) is 0 Å². The molecule has 2 fully saturated rings. The van der Waals surface area contributed by atoms with Gasteiger partial charge in [-0.05, 0) is 109 Å². The fraction of sp³-hybridized carbons (Fsp3) is 0.515. The molecule has 4 aliphatic carbocycles. The molecule has 0 aromatic heterocycles. The van der Waals surface area contributed by atoms with Crippen LogP contribution in [-0.4, -0.2) is 0 Å². The lowest BCUT2D eigenvalue weighted by molar-refractivity contribution is 0.331. The summed E-state index contributed by atoms with van der Waals surface area (Å²) in [6.45, 7) is 11.0. The monoisotopic (exact) mass is 438 g/mol. The number of allylic oxidation sites excluding steroid dienone is 7. The largest absolute Gasteiger partial charge is 0.0999 e. The topological polar surface area (TPSA) is 0 Å². The Hall–Kier alpha value is -2.08. The van der Waals surface area contributed by atoms with Crippen LogP contribution in [0.25, 0.3) is 6.08 Å². The van der Waals surface area contributed by atoms with Gasteiger partial charge < -0.3 is 0 Å². The molecular formula is C33H42. The van der Waals surface area contributed by atoms with Crippen molar-refractivity contribution < 1.29 is 0 Å². The molecule has 0 amide bonds. The molecular weight excluding hydrogens is 396 g/mol. The highest BCUT2D eigenvalue weighted by Gasteiger charge is 2.26. The van der Waals surface area contributed by atoms with E-state index < -0.39 is 0 Å². The van der Waals surface area contributed by atoms with E-state index in [1.54, 1.807) is 5.56 Å². The van der Waals surface area contributed by atoms with Crippen LogP contribution >= 0.6 is 0 Å². The van der Waals surface area contributed by atoms with Crippen molar-refractivity contribution in [3.63, 3.8) is 0 Å². The lowest BCUT2D eigenvalue weighted by Gasteiger charge is -2.30. The molecule has 0 saturated heterocycles. The van der Waals surface area contributed by atoms with Gasteiger partial charge in [0.15, 0.2) is 0 Å². The predicted octanol–water partition coefficient (Wildman–Crippen LogP) is 9.33. The minimum absolute atomic E-state index is 0.695. The van der Waals surface area contributed by atoms with Crippen molar-refractivity contribution in [3.05, 3.63) is 88.1 Å². The molecule has 2 saturated carbocycles. The molecule has 0 heteroatoms. The van der Waals surface area contributed by atoms with Gasteiger partial charge >= 0.3 is 0 Å². The van der Waals surface area contributed by atoms with Crippen molar-refractivity contribution >= 4 is 6.08 Å². The summed E-state index contributed by atoms with van der Waals surface area (Å²) >= 11 is 0. The minimum atomic E-state index is 0.695. The van der Waals surface area contributed by atoms with Gasteiger partial charge in [0.25, 0.3) is 0 Å². The van der Waals surface area contributed by atoms with Crippen molar-refractivity contribution in [2.75, 3.05) is 0 Å². The van der Waals surface area contributed by atoms with Crippen molar-refractivity contribution in [1.29, 1.82) is 0 Å². The Bertz CT molecular complexity index is 996. The third-order valence-electron chi connectivity index (χ3n) is 8.97. The van der Waals surface area contributed by atoms with Crippen LogP contribution in [0, 0.1) is 17.8 Å². The normalized spacial score (nSPS) is 25.3. The fourth-order valence-corrected chi connectivity index (χ4v) is 6.86. The van der Waals surface area contributed by atoms with Crippen molar-refractivity contribution in [3.8, 4) is 0 Å². The number of hydrogen-bond acceptors (Lipinski definition) is 0.